The number of carbonyl (C=O) groups is 2. The van der Waals surface area contributed by atoms with Crippen molar-refractivity contribution >= 4 is 17.5 Å². The van der Waals surface area contributed by atoms with E-state index in [0.717, 1.165) is 49.2 Å². The van der Waals surface area contributed by atoms with E-state index in [1.807, 2.05) is 23.1 Å². The van der Waals surface area contributed by atoms with Gasteiger partial charge in [-0.3, -0.25) is 14.6 Å². The van der Waals surface area contributed by atoms with Crippen molar-refractivity contribution < 1.29 is 9.59 Å². The number of benzene rings is 1. The molecule has 0 spiro atoms. The fourth-order valence-electron chi connectivity index (χ4n) is 8.76. The minimum absolute atomic E-state index is 0.0534. The molecule has 0 N–H and O–H groups in total. The lowest BCUT2D eigenvalue weighted by Crippen LogP contribution is -2.63. The van der Waals surface area contributed by atoms with Gasteiger partial charge in [0.1, 0.15) is 0 Å². The van der Waals surface area contributed by atoms with E-state index in [-0.39, 0.29) is 23.9 Å². The average Bonchev–Trinajstić information content (AvgIpc) is 3.35. The first kappa shape index (κ1) is 23.5. The van der Waals surface area contributed by atoms with Gasteiger partial charge >= 0.3 is 6.03 Å². The highest BCUT2D eigenvalue weighted by Crippen LogP contribution is 2.46. The number of ketones is 1. The number of likely N-dealkylation sites (tertiary alicyclic amines) is 1. The number of hydrogen-bond acceptors (Lipinski definition) is 3. The van der Waals surface area contributed by atoms with Gasteiger partial charge in [0.2, 0.25) is 0 Å². The maximum absolute atomic E-state index is 14.1. The van der Waals surface area contributed by atoms with Gasteiger partial charge in [-0.2, -0.15) is 0 Å². The summed E-state index contributed by atoms with van der Waals surface area (Å²) in [6.07, 6.45) is 16.4. The second-order valence-electron chi connectivity index (χ2n) is 12.3. The van der Waals surface area contributed by atoms with Crippen molar-refractivity contribution in [1.82, 2.24) is 9.80 Å². The summed E-state index contributed by atoms with van der Waals surface area (Å²) in [5.41, 5.74) is 0.996. The van der Waals surface area contributed by atoms with Crippen molar-refractivity contribution in [3.05, 3.63) is 30.3 Å². The van der Waals surface area contributed by atoms with Gasteiger partial charge in [-0.15, -0.1) is 0 Å². The molecule has 2 amide bonds. The Kier molecular flexibility index (Phi) is 6.64. The van der Waals surface area contributed by atoms with Crippen LogP contribution in [-0.4, -0.2) is 58.4 Å². The Bertz CT molecular complexity index is 893. The topological polar surface area (TPSA) is 43.9 Å². The van der Waals surface area contributed by atoms with Crippen molar-refractivity contribution in [2.24, 2.45) is 11.8 Å². The molecule has 5 fully saturated rings. The first-order chi connectivity index (χ1) is 17.1. The minimum atomic E-state index is -0.255. The summed E-state index contributed by atoms with van der Waals surface area (Å²) in [7, 11) is 0. The van der Waals surface area contributed by atoms with Crippen LogP contribution in [0.4, 0.5) is 10.5 Å². The van der Waals surface area contributed by atoms with E-state index in [1.165, 1.54) is 57.8 Å². The summed E-state index contributed by atoms with van der Waals surface area (Å²) in [6, 6.07) is 12.2. The molecular formula is C30H43N3O2. The second-order valence-corrected chi connectivity index (χ2v) is 12.3. The Balaban J connectivity index is 1.26. The Morgan fingerprint density at radius 2 is 1.43 bits per heavy atom. The second kappa shape index (κ2) is 9.88. The van der Waals surface area contributed by atoms with Gasteiger partial charge in [-0.05, 0) is 88.7 Å². The van der Waals surface area contributed by atoms with Crippen LogP contribution in [0.15, 0.2) is 30.3 Å². The van der Waals surface area contributed by atoms with E-state index < -0.39 is 0 Å². The van der Waals surface area contributed by atoms with Gasteiger partial charge in [0, 0.05) is 36.4 Å². The molecule has 1 aromatic rings. The highest BCUT2D eigenvalue weighted by Gasteiger charge is 2.47. The third-order valence-corrected chi connectivity index (χ3v) is 10.1. The molecule has 35 heavy (non-hydrogen) atoms. The van der Waals surface area contributed by atoms with E-state index in [1.54, 1.807) is 6.92 Å². The molecule has 0 aromatic heterocycles. The molecule has 3 aliphatic heterocycles. The van der Waals surface area contributed by atoms with E-state index >= 15 is 0 Å². The van der Waals surface area contributed by atoms with Gasteiger partial charge in [0.15, 0.2) is 5.78 Å². The number of amides is 2. The lowest BCUT2D eigenvalue weighted by atomic mass is 9.68. The molecule has 5 aliphatic rings. The number of hydrogen-bond donors (Lipinski definition) is 0. The molecule has 2 aliphatic carbocycles. The molecule has 3 saturated heterocycles. The molecule has 0 radical (unpaired) electrons. The van der Waals surface area contributed by atoms with Crippen molar-refractivity contribution in [2.45, 2.75) is 121 Å². The zero-order valence-electron chi connectivity index (χ0n) is 21.5. The van der Waals surface area contributed by atoms with Crippen LogP contribution in [0.5, 0.6) is 0 Å². The number of rotatable bonds is 4. The van der Waals surface area contributed by atoms with Gasteiger partial charge < -0.3 is 4.90 Å². The molecule has 7 atom stereocenters. The summed E-state index contributed by atoms with van der Waals surface area (Å²) < 4.78 is 0. The summed E-state index contributed by atoms with van der Waals surface area (Å²) in [5.74, 6) is 2.03. The normalized spacial score (nSPS) is 37.2. The quantitative estimate of drug-likeness (QED) is 0.533. The molecule has 1 unspecified atom stereocenters. The number of carbonyl (C=O) groups excluding carboxylic acids is 2. The first-order valence-corrected chi connectivity index (χ1v) is 14.5. The lowest BCUT2D eigenvalue weighted by Gasteiger charge is -2.56. The van der Waals surface area contributed by atoms with Crippen LogP contribution >= 0.6 is 0 Å². The van der Waals surface area contributed by atoms with Gasteiger partial charge in [-0.25, -0.2) is 4.79 Å². The molecule has 2 saturated carbocycles. The van der Waals surface area contributed by atoms with Crippen molar-refractivity contribution in [1.29, 1.82) is 0 Å². The Hall–Kier alpha value is -1.88. The summed E-state index contributed by atoms with van der Waals surface area (Å²) in [5, 5.41) is 0. The molecule has 190 valence electrons. The lowest BCUT2D eigenvalue weighted by molar-refractivity contribution is -0.120. The molecule has 5 nitrogen and oxygen atoms in total. The number of anilines is 1. The first-order valence-electron chi connectivity index (χ1n) is 14.5. The van der Waals surface area contributed by atoms with E-state index in [9.17, 15) is 9.59 Å². The maximum Gasteiger partial charge on any atom is 0.325 e. The van der Waals surface area contributed by atoms with Crippen molar-refractivity contribution in [3.8, 4) is 0 Å². The minimum Gasteiger partial charge on any atom is -0.314 e. The number of para-hydroxylation sites is 1. The number of Topliss-reactive ketones (excluding diaryl/α,β-unsaturated/α-hetero) is 1. The number of nitrogens with zero attached hydrogens (tertiary/aromatic N) is 3. The number of fused-ring (bicyclic) bond motifs is 4. The highest BCUT2D eigenvalue weighted by molar-refractivity contribution is 5.96. The zero-order chi connectivity index (χ0) is 23.9. The standard InChI is InChI=1S/C30H43N3O2/c1-21(34)29-14-7-15-31(29)30(35)33(24-10-3-2-4-11-24)28-19-25-12-6-13-26(20-28)32(25)27-17-22-8-5-9-23(16-22)18-27/h2-4,10-11,22-23,25-29H,5-9,12-20H2,1H3/t22-,23+,25-,26+,27+,28+,29?. The van der Waals surface area contributed by atoms with Gasteiger partial charge in [0.25, 0.3) is 0 Å². The molecule has 4 bridgehead atoms. The predicted octanol–water partition coefficient (Wildman–Crippen LogP) is 6.02. The number of piperidine rings is 2. The average molecular weight is 478 g/mol. The molecular weight excluding hydrogens is 434 g/mol. The molecule has 6 rings (SSSR count). The van der Waals surface area contributed by atoms with Crippen LogP contribution in [0.2, 0.25) is 0 Å². The predicted molar refractivity (Wildman–Crippen MR) is 139 cm³/mol. The number of urea groups is 1. The SMILES string of the molecule is CC(=O)C1CCCN1C(=O)N(c1ccccc1)[C@H]1C[C@H]2CCC[C@@H](C1)N2[C@H]1C[C@@H]2CCC[C@@H](C2)C1. The third-order valence-electron chi connectivity index (χ3n) is 10.1. The van der Waals surface area contributed by atoms with Crippen LogP contribution in [-0.2, 0) is 4.79 Å². The Morgan fingerprint density at radius 1 is 0.771 bits per heavy atom. The van der Waals surface area contributed by atoms with Gasteiger partial charge in [-0.1, -0.05) is 43.9 Å². The van der Waals surface area contributed by atoms with Crippen LogP contribution in [0, 0.1) is 11.8 Å². The monoisotopic (exact) mass is 477 g/mol. The van der Waals surface area contributed by atoms with Gasteiger partial charge in [0.05, 0.1) is 6.04 Å². The van der Waals surface area contributed by atoms with E-state index in [0.29, 0.717) is 18.6 Å². The smallest absolute Gasteiger partial charge is 0.314 e. The zero-order valence-corrected chi connectivity index (χ0v) is 21.5. The molecule has 3 heterocycles. The highest BCUT2D eigenvalue weighted by atomic mass is 16.2. The van der Waals surface area contributed by atoms with Crippen LogP contribution < -0.4 is 4.90 Å². The van der Waals surface area contributed by atoms with E-state index in [4.69, 9.17) is 0 Å². The summed E-state index contributed by atoms with van der Waals surface area (Å²) in [6.45, 7) is 2.34. The third kappa shape index (κ3) is 4.54. The Morgan fingerprint density at radius 3 is 2.09 bits per heavy atom. The van der Waals surface area contributed by atoms with Crippen molar-refractivity contribution in [2.75, 3.05) is 11.4 Å². The van der Waals surface area contributed by atoms with Crippen LogP contribution in [0.1, 0.15) is 90.4 Å². The summed E-state index contributed by atoms with van der Waals surface area (Å²) in [4.78, 5) is 33.4. The largest absolute Gasteiger partial charge is 0.325 e. The molecule has 1 aromatic carbocycles. The fraction of sp³-hybridized carbons (Fsp3) is 0.733. The summed E-state index contributed by atoms with van der Waals surface area (Å²) >= 11 is 0. The van der Waals surface area contributed by atoms with Crippen LogP contribution in [0.25, 0.3) is 0 Å². The van der Waals surface area contributed by atoms with Crippen LogP contribution in [0.3, 0.4) is 0 Å². The fourth-order valence-corrected chi connectivity index (χ4v) is 8.76. The Labute approximate surface area is 211 Å². The van der Waals surface area contributed by atoms with Crippen molar-refractivity contribution in [3.63, 3.8) is 0 Å². The maximum atomic E-state index is 14.1. The van der Waals surface area contributed by atoms with E-state index in [2.05, 4.69) is 21.9 Å². The molecule has 5 heteroatoms.